The fourth-order valence-electron chi connectivity index (χ4n) is 1.65. The summed E-state index contributed by atoms with van der Waals surface area (Å²) in [6, 6.07) is 9.16. The lowest BCUT2D eigenvalue weighted by Gasteiger charge is -2.10. The number of thioether (sulfide) groups is 1. The second-order valence-electron chi connectivity index (χ2n) is 4.23. The number of hydrogen-bond acceptors (Lipinski definition) is 4. The second kappa shape index (κ2) is 6.36. The zero-order valence-electron chi connectivity index (χ0n) is 10.9. The molecule has 0 fully saturated rings. The normalized spacial score (nSPS) is 12.6. The van der Waals surface area contributed by atoms with Crippen LogP contribution in [0.2, 0.25) is 0 Å². The Morgan fingerprint density at radius 3 is 2.61 bits per heavy atom. The molecule has 1 aromatic carbocycles. The van der Waals surface area contributed by atoms with Crippen LogP contribution in [0.4, 0.5) is 0 Å². The molecule has 0 amide bonds. The fourth-order valence-corrected chi connectivity index (χ4v) is 3.16. The quantitative estimate of drug-likeness (QED) is 0.836. The lowest BCUT2D eigenvalue weighted by Crippen LogP contribution is -2.11. The highest BCUT2D eigenvalue weighted by molar-refractivity contribution is 7.98. The zero-order chi connectivity index (χ0) is 13.0. The van der Waals surface area contributed by atoms with Crippen molar-refractivity contribution in [2.75, 3.05) is 7.05 Å². The average molecular weight is 278 g/mol. The molecule has 0 bridgehead atoms. The summed E-state index contributed by atoms with van der Waals surface area (Å²) in [5.74, 6) is 0.950. The van der Waals surface area contributed by atoms with Crippen LogP contribution >= 0.6 is 23.1 Å². The first-order chi connectivity index (χ1) is 8.69. The van der Waals surface area contributed by atoms with Crippen molar-refractivity contribution in [1.82, 2.24) is 10.3 Å². The third-order valence-corrected chi connectivity index (χ3v) is 4.73. The minimum Gasteiger partial charge on any atom is -0.313 e. The largest absolute Gasteiger partial charge is 0.313 e. The van der Waals surface area contributed by atoms with Gasteiger partial charge in [-0.25, -0.2) is 4.98 Å². The molecule has 0 aliphatic heterocycles. The number of aromatic nitrogens is 1. The topological polar surface area (TPSA) is 24.9 Å². The van der Waals surface area contributed by atoms with Crippen LogP contribution in [0.5, 0.6) is 0 Å². The predicted molar refractivity (Wildman–Crippen MR) is 80.3 cm³/mol. The monoisotopic (exact) mass is 278 g/mol. The molecule has 2 nitrogen and oxygen atoms in total. The minimum absolute atomic E-state index is 0.408. The van der Waals surface area contributed by atoms with Crippen molar-refractivity contribution in [2.45, 2.75) is 30.5 Å². The van der Waals surface area contributed by atoms with E-state index in [0.717, 1.165) is 10.8 Å². The van der Waals surface area contributed by atoms with Crippen LogP contribution in [0.25, 0.3) is 0 Å². The van der Waals surface area contributed by atoms with Gasteiger partial charge in [0.2, 0.25) is 0 Å². The Hall–Kier alpha value is -0.840. The third-order valence-electron chi connectivity index (χ3n) is 2.87. The van der Waals surface area contributed by atoms with Gasteiger partial charge < -0.3 is 5.32 Å². The van der Waals surface area contributed by atoms with Crippen LogP contribution in [0.3, 0.4) is 0 Å². The van der Waals surface area contributed by atoms with Gasteiger partial charge in [0.25, 0.3) is 0 Å². The van der Waals surface area contributed by atoms with Gasteiger partial charge in [0.05, 0.1) is 10.7 Å². The van der Waals surface area contributed by atoms with Crippen molar-refractivity contribution in [3.05, 3.63) is 45.9 Å². The van der Waals surface area contributed by atoms with Crippen LogP contribution in [0.1, 0.15) is 29.2 Å². The zero-order valence-corrected chi connectivity index (χ0v) is 12.6. The maximum Gasteiger partial charge on any atom is 0.0897 e. The van der Waals surface area contributed by atoms with E-state index in [4.69, 9.17) is 0 Å². The van der Waals surface area contributed by atoms with Gasteiger partial charge in [-0.15, -0.1) is 23.1 Å². The van der Waals surface area contributed by atoms with E-state index >= 15 is 0 Å². The summed E-state index contributed by atoms with van der Waals surface area (Å²) < 4.78 is 0. The fraction of sp³-hybridized carbons (Fsp3) is 0.357. The Balaban J connectivity index is 1.94. The first-order valence-corrected chi connectivity index (χ1v) is 7.86. The molecule has 1 atom stereocenters. The number of thiazole rings is 1. The van der Waals surface area contributed by atoms with Crippen LogP contribution < -0.4 is 5.32 Å². The highest BCUT2D eigenvalue weighted by Crippen LogP contribution is 2.25. The van der Waals surface area contributed by atoms with E-state index in [0.29, 0.717) is 6.04 Å². The SMILES string of the molecule is CNC(C)c1ccc(SCc2csc(C)n2)cc1. The summed E-state index contributed by atoms with van der Waals surface area (Å²) in [6.45, 7) is 4.22. The molecule has 2 rings (SSSR count). The Labute approximate surface area is 117 Å². The van der Waals surface area contributed by atoms with E-state index in [1.54, 1.807) is 11.3 Å². The van der Waals surface area contributed by atoms with Gasteiger partial charge in [-0.3, -0.25) is 0 Å². The molecule has 1 N–H and O–H groups in total. The molecule has 1 heterocycles. The van der Waals surface area contributed by atoms with Gasteiger partial charge in [0.1, 0.15) is 0 Å². The van der Waals surface area contributed by atoms with E-state index in [-0.39, 0.29) is 0 Å². The number of hydrogen-bond donors (Lipinski definition) is 1. The maximum atomic E-state index is 4.47. The van der Waals surface area contributed by atoms with Crippen molar-refractivity contribution in [2.24, 2.45) is 0 Å². The Morgan fingerprint density at radius 2 is 2.06 bits per heavy atom. The number of nitrogens with zero attached hydrogens (tertiary/aromatic N) is 1. The van der Waals surface area contributed by atoms with Gasteiger partial charge in [0, 0.05) is 22.1 Å². The highest BCUT2D eigenvalue weighted by atomic mass is 32.2. The molecule has 96 valence electrons. The Bertz CT molecular complexity index is 491. The minimum atomic E-state index is 0.408. The van der Waals surface area contributed by atoms with Gasteiger partial charge in [-0.2, -0.15) is 0 Å². The molecule has 0 spiro atoms. The third kappa shape index (κ3) is 3.57. The molecule has 1 aromatic heterocycles. The van der Waals surface area contributed by atoms with Gasteiger partial charge in [0.15, 0.2) is 0 Å². The first-order valence-electron chi connectivity index (χ1n) is 6.00. The summed E-state index contributed by atoms with van der Waals surface area (Å²) in [5.41, 5.74) is 2.50. The van der Waals surface area contributed by atoms with Crippen LogP contribution in [0, 0.1) is 6.92 Å². The van der Waals surface area contributed by atoms with Crippen molar-refractivity contribution < 1.29 is 0 Å². The van der Waals surface area contributed by atoms with E-state index in [1.807, 2.05) is 25.7 Å². The van der Waals surface area contributed by atoms with Crippen LogP contribution in [0.15, 0.2) is 34.5 Å². The van der Waals surface area contributed by atoms with E-state index in [9.17, 15) is 0 Å². The number of nitrogens with one attached hydrogen (secondary N) is 1. The Kier molecular flexibility index (Phi) is 4.80. The molecule has 0 saturated carbocycles. The standard InChI is InChI=1S/C14H18N2S2/c1-10(15-3)12-4-6-14(7-5-12)18-9-13-8-17-11(2)16-13/h4-8,10,15H,9H2,1-3H3. The van der Waals surface area contributed by atoms with E-state index < -0.39 is 0 Å². The van der Waals surface area contributed by atoms with Crippen molar-refractivity contribution in [3.8, 4) is 0 Å². The first kappa shape index (κ1) is 13.6. The summed E-state index contributed by atoms with van der Waals surface area (Å²) in [4.78, 5) is 5.77. The molecule has 2 aromatic rings. The number of aryl methyl sites for hydroxylation is 1. The molecule has 0 radical (unpaired) electrons. The van der Waals surface area contributed by atoms with Gasteiger partial charge in [-0.05, 0) is 38.6 Å². The molecular formula is C14H18N2S2. The maximum absolute atomic E-state index is 4.47. The lowest BCUT2D eigenvalue weighted by molar-refractivity contribution is 0.652. The van der Waals surface area contributed by atoms with E-state index in [2.05, 4.69) is 46.9 Å². The predicted octanol–water partition coefficient (Wildman–Crippen LogP) is 4.02. The number of benzene rings is 1. The van der Waals surface area contributed by atoms with E-state index in [1.165, 1.54) is 16.2 Å². The molecule has 4 heteroatoms. The second-order valence-corrected chi connectivity index (χ2v) is 6.34. The summed E-state index contributed by atoms with van der Waals surface area (Å²) in [6.07, 6.45) is 0. The Morgan fingerprint density at radius 1 is 1.33 bits per heavy atom. The summed E-state index contributed by atoms with van der Waals surface area (Å²) in [5, 5.41) is 6.53. The van der Waals surface area contributed by atoms with Crippen LogP contribution in [-0.4, -0.2) is 12.0 Å². The van der Waals surface area contributed by atoms with Crippen molar-refractivity contribution in [3.63, 3.8) is 0 Å². The average Bonchev–Trinajstić information content (AvgIpc) is 2.82. The molecule has 18 heavy (non-hydrogen) atoms. The van der Waals surface area contributed by atoms with Crippen molar-refractivity contribution >= 4 is 23.1 Å². The van der Waals surface area contributed by atoms with Gasteiger partial charge in [-0.1, -0.05) is 12.1 Å². The molecule has 0 aliphatic carbocycles. The number of rotatable bonds is 5. The van der Waals surface area contributed by atoms with Crippen LogP contribution in [-0.2, 0) is 5.75 Å². The molecule has 0 saturated heterocycles. The van der Waals surface area contributed by atoms with Gasteiger partial charge >= 0.3 is 0 Å². The highest BCUT2D eigenvalue weighted by Gasteiger charge is 2.03. The molecule has 1 unspecified atom stereocenters. The summed E-state index contributed by atoms with van der Waals surface area (Å²) >= 11 is 3.55. The lowest BCUT2D eigenvalue weighted by atomic mass is 10.1. The van der Waals surface area contributed by atoms with Crippen molar-refractivity contribution in [1.29, 1.82) is 0 Å². The molecular weight excluding hydrogens is 260 g/mol. The smallest absolute Gasteiger partial charge is 0.0897 e. The molecule has 0 aliphatic rings. The summed E-state index contributed by atoms with van der Waals surface area (Å²) in [7, 11) is 1.98.